The third kappa shape index (κ3) is 7.82. The van der Waals surface area contributed by atoms with Gasteiger partial charge in [0.1, 0.15) is 0 Å². The first kappa shape index (κ1) is 10.9. The van der Waals surface area contributed by atoms with Crippen molar-refractivity contribution in [3.63, 3.8) is 0 Å². The van der Waals surface area contributed by atoms with Crippen molar-refractivity contribution in [2.45, 2.75) is 39.7 Å². The molecule has 2 heteroatoms. The van der Waals surface area contributed by atoms with E-state index in [0.717, 1.165) is 13.0 Å². The Morgan fingerprint density at radius 3 is 2.00 bits per heavy atom. The van der Waals surface area contributed by atoms with Crippen LogP contribution in [0.5, 0.6) is 0 Å². The molecule has 1 N–H and O–H groups in total. The van der Waals surface area contributed by atoms with E-state index >= 15 is 0 Å². The van der Waals surface area contributed by atoms with E-state index in [9.17, 15) is 0 Å². The maximum absolute atomic E-state index is 8.24. The lowest BCUT2D eigenvalue weighted by Gasteiger charge is -2.20. The zero-order valence-electron chi connectivity index (χ0n) is 7.84. The molecule has 1 atom stereocenters. The summed E-state index contributed by atoms with van der Waals surface area (Å²) >= 11 is 0. The van der Waals surface area contributed by atoms with E-state index in [-0.39, 0.29) is 0 Å². The van der Waals surface area contributed by atoms with E-state index in [0.29, 0.717) is 18.6 Å². The molecule has 0 radical (unpaired) electrons. The molecule has 0 aromatic carbocycles. The molecule has 0 amide bonds. The Balaban J connectivity index is 0.000000183. The van der Waals surface area contributed by atoms with E-state index in [4.69, 9.17) is 9.84 Å². The van der Waals surface area contributed by atoms with Gasteiger partial charge < -0.3 is 9.84 Å². The highest BCUT2D eigenvalue weighted by Gasteiger charge is 2.09. The van der Waals surface area contributed by atoms with Crippen LogP contribution in [-0.4, -0.2) is 24.4 Å². The van der Waals surface area contributed by atoms with Gasteiger partial charge in [0, 0.05) is 13.2 Å². The summed E-state index contributed by atoms with van der Waals surface area (Å²) < 4.78 is 4.93. The number of ether oxygens (including phenoxy) is 1. The minimum Gasteiger partial charge on any atom is -0.396 e. The molecule has 0 spiro atoms. The maximum atomic E-state index is 8.24. The van der Waals surface area contributed by atoms with Crippen LogP contribution >= 0.6 is 0 Å². The van der Waals surface area contributed by atoms with Crippen LogP contribution in [0.15, 0.2) is 0 Å². The van der Waals surface area contributed by atoms with Crippen LogP contribution in [0.2, 0.25) is 0 Å². The van der Waals surface area contributed by atoms with Crippen molar-refractivity contribution in [2.24, 2.45) is 5.92 Å². The predicted molar refractivity (Wildman–Crippen MR) is 46.6 cm³/mol. The molecule has 1 fully saturated rings. The van der Waals surface area contributed by atoms with Gasteiger partial charge in [-0.1, -0.05) is 13.8 Å². The standard InChI is InChI=1S/C5H12O.C4H8O/c1-5(2)3-4-6;1-4-2-3-5-4/h5-6H,3-4H2,1-2H3;4H,2-3H2,1H3. The van der Waals surface area contributed by atoms with Crippen LogP contribution in [0, 0.1) is 5.92 Å². The van der Waals surface area contributed by atoms with Crippen molar-refractivity contribution in [1.29, 1.82) is 0 Å². The smallest absolute Gasteiger partial charge is 0.0568 e. The second kappa shape index (κ2) is 6.62. The van der Waals surface area contributed by atoms with Gasteiger partial charge in [0.05, 0.1) is 6.10 Å². The minimum absolute atomic E-state index is 0.331. The summed E-state index contributed by atoms with van der Waals surface area (Å²) in [7, 11) is 0. The third-order valence-electron chi connectivity index (χ3n) is 1.63. The molecular formula is C9H20O2. The molecule has 1 aliphatic rings. The highest BCUT2D eigenvalue weighted by Crippen LogP contribution is 2.07. The van der Waals surface area contributed by atoms with Crippen LogP contribution in [-0.2, 0) is 4.74 Å². The Morgan fingerprint density at radius 1 is 1.55 bits per heavy atom. The highest BCUT2D eigenvalue weighted by atomic mass is 16.5. The Bertz CT molecular complexity index is 77.6. The zero-order valence-corrected chi connectivity index (χ0v) is 7.84. The Labute approximate surface area is 69.6 Å². The normalized spacial score (nSPS) is 22.1. The van der Waals surface area contributed by atoms with Crippen LogP contribution in [0.4, 0.5) is 0 Å². The molecule has 0 bridgehead atoms. The molecule has 0 aliphatic carbocycles. The Hall–Kier alpha value is -0.0800. The summed E-state index contributed by atoms with van der Waals surface area (Å²) in [6, 6.07) is 0. The van der Waals surface area contributed by atoms with Crippen molar-refractivity contribution >= 4 is 0 Å². The van der Waals surface area contributed by atoms with Gasteiger partial charge in [-0.05, 0) is 25.7 Å². The van der Waals surface area contributed by atoms with E-state index in [1.807, 2.05) is 0 Å². The summed E-state index contributed by atoms with van der Waals surface area (Å²) in [5.41, 5.74) is 0. The molecular weight excluding hydrogens is 140 g/mol. The molecule has 11 heavy (non-hydrogen) atoms. The van der Waals surface area contributed by atoms with E-state index < -0.39 is 0 Å². The summed E-state index contributed by atoms with van der Waals surface area (Å²) in [6.07, 6.45) is 2.76. The van der Waals surface area contributed by atoms with E-state index in [1.165, 1.54) is 6.42 Å². The fraction of sp³-hybridized carbons (Fsp3) is 1.00. The van der Waals surface area contributed by atoms with Gasteiger partial charge in [0.25, 0.3) is 0 Å². The topological polar surface area (TPSA) is 29.5 Å². The van der Waals surface area contributed by atoms with E-state index in [2.05, 4.69) is 20.8 Å². The monoisotopic (exact) mass is 160 g/mol. The van der Waals surface area contributed by atoms with Crippen LogP contribution in [0.3, 0.4) is 0 Å². The van der Waals surface area contributed by atoms with Crippen LogP contribution in [0.1, 0.15) is 33.6 Å². The molecule has 68 valence electrons. The highest BCUT2D eigenvalue weighted by molar-refractivity contribution is 4.57. The van der Waals surface area contributed by atoms with Gasteiger partial charge in [0.2, 0.25) is 0 Å². The lowest BCUT2D eigenvalue weighted by molar-refractivity contribution is -0.0375. The molecule has 0 aromatic heterocycles. The third-order valence-corrected chi connectivity index (χ3v) is 1.63. The quantitative estimate of drug-likeness (QED) is 0.667. The average Bonchev–Trinajstić information content (AvgIpc) is 1.85. The van der Waals surface area contributed by atoms with Crippen molar-refractivity contribution in [1.82, 2.24) is 0 Å². The van der Waals surface area contributed by atoms with E-state index in [1.54, 1.807) is 0 Å². The minimum atomic E-state index is 0.331. The zero-order chi connectivity index (χ0) is 8.69. The van der Waals surface area contributed by atoms with Gasteiger partial charge in [-0.3, -0.25) is 0 Å². The van der Waals surface area contributed by atoms with Gasteiger partial charge in [-0.15, -0.1) is 0 Å². The molecule has 1 unspecified atom stereocenters. The SMILES string of the molecule is CC(C)CCO.CC1CCO1. The molecule has 1 aliphatic heterocycles. The molecule has 2 nitrogen and oxygen atoms in total. The first-order chi connectivity index (χ1) is 5.16. The van der Waals surface area contributed by atoms with Crippen LogP contribution < -0.4 is 0 Å². The fourth-order valence-corrected chi connectivity index (χ4v) is 0.612. The average molecular weight is 160 g/mol. The Morgan fingerprint density at radius 2 is 2.00 bits per heavy atom. The van der Waals surface area contributed by atoms with Crippen molar-refractivity contribution in [3.8, 4) is 0 Å². The summed E-state index contributed by atoms with van der Waals surface area (Å²) in [5, 5.41) is 8.24. The van der Waals surface area contributed by atoms with Gasteiger partial charge in [0.15, 0.2) is 0 Å². The molecule has 0 aromatic rings. The number of aliphatic hydroxyl groups excluding tert-OH is 1. The molecule has 1 saturated heterocycles. The number of rotatable bonds is 2. The Kier molecular flexibility index (Phi) is 6.57. The lowest BCUT2D eigenvalue weighted by Crippen LogP contribution is -2.22. The van der Waals surface area contributed by atoms with Crippen molar-refractivity contribution < 1.29 is 9.84 Å². The van der Waals surface area contributed by atoms with Gasteiger partial charge >= 0.3 is 0 Å². The van der Waals surface area contributed by atoms with Crippen LogP contribution in [0.25, 0.3) is 0 Å². The van der Waals surface area contributed by atoms with Gasteiger partial charge in [-0.2, -0.15) is 0 Å². The second-order valence-corrected chi connectivity index (χ2v) is 3.38. The molecule has 1 heterocycles. The van der Waals surface area contributed by atoms with Crippen molar-refractivity contribution in [2.75, 3.05) is 13.2 Å². The van der Waals surface area contributed by atoms with Crippen molar-refractivity contribution in [3.05, 3.63) is 0 Å². The number of hydrogen-bond donors (Lipinski definition) is 1. The fourth-order valence-electron chi connectivity index (χ4n) is 0.612. The summed E-state index contributed by atoms with van der Waals surface area (Å²) in [6.45, 7) is 7.59. The largest absolute Gasteiger partial charge is 0.396 e. The summed E-state index contributed by atoms with van der Waals surface area (Å²) in [5.74, 6) is 0.648. The number of aliphatic hydroxyl groups is 1. The summed E-state index contributed by atoms with van der Waals surface area (Å²) in [4.78, 5) is 0. The molecule has 0 saturated carbocycles. The maximum Gasteiger partial charge on any atom is 0.0568 e. The lowest BCUT2D eigenvalue weighted by atomic mass is 10.2. The van der Waals surface area contributed by atoms with Gasteiger partial charge in [-0.25, -0.2) is 0 Å². The first-order valence-electron chi connectivity index (χ1n) is 4.39. The first-order valence-corrected chi connectivity index (χ1v) is 4.39. The number of hydrogen-bond acceptors (Lipinski definition) is 2. The molecule has 1 rings (SSSR count). The predicted octanol–water partition coefficient (Wildman–Crippen LogP) is 1.82. The second-order valence-electron chi connectivity index (χ2n) is 3.38.